The number of carbonyl (C=O) groups excluding carboxylic acids is 1. The van der Waals surface area contributed by atoms with Gasteiger partial charge in [-0.3, -0.25) is 0 Å². The zero-order valence-corrected chi connectivity index (χ0v) is 16.7. The van der Waals surface area contributed by atoms with Crippen LogP contribution in [0.3, 0.4) is 0 Å². The number of hydrogen-bond acceptors (Lipinski definition) is 5. The maximum absolute atomic E-state index is 12.0. The van der Waals surface area contributed by atoms with Gasteiger partial charge in [0.1, 0.15) is 18.1 Å². The van der Waals surface area contributed by atoms with Crippen LogP contribution in [0.2, 0.25) is 5.02 Å². The largest absolute Gasteiger partial charge is 0.489 e. The minimum atomic E-state index is -0.794. The van der Waals surface area contributed by atoms with E-state index in [1.165, 1.54) is 0 Å². The summed E-state index contributed by atoms with van der Waals surface area (Å²) in [4.78, 5) is 11.3. The van der Waals surface area contributed by atoms with Crippen molar-refractivity contribution in [2.75, 3.05) is 0 Å². The zero-order chi connectivity index (χ0) is 19.2. The van der Waals surface area contributed by atoms with Crippen molar-refractivity contribution in [1.82, 2.24) is 0 Å². The first-order valence-corrected chi connectivity index (χ1v) is 9.21. The van der Waals surface area contributed by atoms with E-state index in [4.69, 9.17) is 25.8 Å². The topological polar surface area (TPSA) is 44.8 Å². The van der Waals surface area contributed by atoms with Crippen molar-refractivity contribution in [3.05, 3.63) is 59.1 Å². The maximum Gasteiger partial charge on any atom is 0.348 e. The lowest BCUT2D eigenvalue weighted by molar-refractivity contribution is -0.158. The van der Waals surface area contributed by atoms with Crippen molar-refractivity contribution in [1.29, 1.82) is 0 Å². The Balaban J connectivity index is 1.86. The van der Waals surface area contributed by atoms with Crippen molar-refractivity contribution in [2.45, 2.75) is 44.8 Å². The third-order valence-corrected chi connectivity index (χ3v) is 4.42. The molecular formula is C20H23ClO4S. The summed E-state index contributed by atoms with van der Waals surface area (Å²) in [6, 6.07) is 14.6. The Morgan fingerprint density at radius 2 is 1.69 bits per heavy atom. The Morgan fingerprint density at radius 3 is 2.27 bits per heavy atom. The SMILES string of the molecule is CCC(C)(S)OC(=O)C(C)Oc1ccc(COc2ccc(Cl)cc2)cc1. The molecule has 2 aromatic carbocycles. The third-order valence-electron chi connectivity index (χ3n) is 3.76. The molecule has 0 radical (unpaired) electrons. The molecule has 140 valence electrons. The highest BCUT2D eigenvalue weighted by Crippen LogP contribution is 2.22. The molecule has 0 amide bonds. The van der Waals surface area contributed by atoms with Crippen LogP contribution in [0.1, 0.15) is 32.8 Å². The van der Waals surface area contributed by atoms with E-state index in [9.17, 15) is 4.79 Å². The van der Waals surface area contributed by atoms with Gasteiger partial charge < -0.3 is 14.2 Å². The van der Waals surface area contributed by atoms with E-state index in [1.54, 1.807) is 38.1 Å². The Labute approximate surface area is 164 Å². The monoisotopic (exact) mass is 394 g/mol. The standard InChI is InChI=1S/C20H23ClO4S/c1-4-20(3,26)25-19(22)14(2)24-18-9-5-15(6-10-18)13-23-17-11-7-16(21)8-12-17/h5-12,14,26H,4,13H2,1-3H3. The number of hydrogen-bond donors (Lipinski definition) is 1. The van der Waals surface area contributed by atoms with Crippen LogP contribution >= 0.6 is 24.2 Å². The fraction of sp³-hybridized carbons (Fsp3) is 0.350. The maximum atomic E-state index is 12.0. The summed E-state index contributed by atoms with van der Waals surface area (Å²) in [6.07, 6.45) is -0.110. The minimum Gasteiger partial charge on any atom is -0.489 e. The van der Waals surface area contributed by atoms with E-state index >= 15 is 0 Å². The first-order chi connectivity index (χ1) is 12.3. The fourth-order valence-electron chi connectivity index (χ4n) is 1.99. The number of carbonyl (C=O) groups is 1. The molecule has 0 N–H and O–H groups in total. The number of ether oxygens (including phenoxy) is 3. The molecule has 0 bridgehead atoms. The number of benzene rings is 2. The first-order valence-electron chi connectivity index (χ1n) is 8.38. The molecule has 0 saturated carbocycles. The second kappa shape index (κ2) is 9.19. The van der Waals surface area contributed by atoms with Gasteiger partial charge in [-0.05, 0) is 62.2 Å². The summed E-state index contributed by atoms with van der Waals surface area (Å²) >= 11 is 10.1. The van der Waals surface area contributed by atoms with Gasteiger partial charge >= 0.3 is 5.97 Å². The fourth-order valence-corrected chi connectivity index (χ4v) is 2.20. The molecule has 0 aliphatic carbocycles. The highest BCUT2D eigenvalue weighted by molar-refractivity contribution is 7.81. The summed E-state index contributed by atoms with van der Waals surface area (Å²) in [5.74, 6) is 0.887. The molecule has 0 aromatic heterocycles. The van der Waals surface area contributed by atoms with Gasteiger partial charge in [0.2, 0.25) is 0 Å². The second-order valence-electron chi connectivity index (χ2n) is 6.10. The lowest BCUT2D eigenvalue weighted by Gasteiger charge is -2.24. The Bertz CT molecular complexity index is 714. The number of thiol groups is 1. The number of halogens is 1. The molecule has 0 heterocycles. The molecule has 4 nitrogen and oxygen atoms in total. The van der Waals surface area contributed by atoms with Crippen LogP contribution in [0, 0.1) is 0 Å². The number of esters is 1. The van der Waals surface area contributed by atoms with E-state index in [0.29, 0.717) is 23.8 Å². The van der Waals surface area contributed by atoms with Gasteiger partial charge in [0.25, 0.3) is 0 Å². The van der Waals surface area contributed by atoms with Gasteiger partial charge in [-0.15, -0.1) is 12.6 Å². The molecule has 26 heavy (non-hydrogen) atoms. The van der Waals surface area contributed by atoms with E-state index in [2.05, 4.69) is 12.6 Å². The van der Waals surface area contributed by atoms with Crippen LogP contribution in [-0.2, 0) is 16.1 Å². The highest BCUT2D eigenvalue weighted by Gasteiger charge is 2.26. The van der Waals surface area contributed by atoms with E-state index in [1.807, 2.05) is 31.2 Å². The highest BCUT2D eigenvalue weighted by atomic mass is 35.5. The smallest absolute Gasteiger partial charge is 0.348 e. The van der Waals surface area contributed by atoms with Gasteiger partial charge in [0, 0.05) is 5.02 Å². The Morgan fingerprint density at radius 1 is 1.12 bits per heavy atom. The predicted molar refractivity (Wildman–Crippen MR) is 106 cm³/mol. The molecule has 2 rings (SSSR count). The summed E-state index contributed by atoms with van der Waals surface area (Å²) in [6.45, 7) is 5.72. The van der Waals surface area contributed by atoms with Crippen molar-refractivity contribution in [3.63, 3.8) is 0 Å². The van der Waals surface area contributed by atoms with Gasteiger partial charge in [-0.1, -0.05) is 30.7 Å². The quantitative estimate of drug-likeness (QED) is 0.375. The molecule has 2 unspecified atom stereocenters. The van der Waals surface area contributed by atoms with Crippen molar-refractivity contribution < 1.29 is 19.0 Å². The minimum absolute atomic E-state index is 0.425. The molecule has 6 heteroatoms. The van der Waals surface area contributed by atoms with E-state index in [0.717, 1.165) is 11.3 Å². The summed E-state index contributed by atoms with van der Waals surface area (Å²) in [5, 5.41) is 0.670. The number of rotatable bonds is 8. The van der Waals surface area contributed by atoms with Gasteiger partial charge in [0.05, 0.1) is 0 Å². The van der Waals surface area contributed by atoms with E-state index in [-0.39, 0.29) is 0 Å². The lowest BCUT2D eigenvalue weighted by atomic mass is 10.2. The zero-order valence-electron chi connectivity index (χ0n) is 15.1. The Hall–Kier alpha value is -1.85. The van der Waals surface area contributed by atoms with Crippen LogP contribution in [0.15, 0.2) is 48.5 Å². The van der Waals surface area contributed by atoms with Crippen LogP contribution in [0.25, 0.3) is 0 Å². The molecule has 2 aromatic rings. The summed E-state index contributed by atoms with van der Waals surface area (Å²) in [5.41, 5.74) is 0.983. The van der Waals surface area contributed by atoms with Gasteiger partial charge in [-0.2, -0.15) is 0 Å². The lowest BCUT2D eigenvalue weighted by Crippen LogP contribution is -2.33. The first kappa shape index (κ1) is 20.5. The van der Waals surface area contributed by atoms with Crippen molar-refractivity contribution in [2.24, 2.45) is 0 Å². The van der Waals surface area contributed by atoms with Gasteiger partial charge in [0.15, 0.2) is 11.0 Å². The average molecular weight is 395 g/mol. The molecule has 0 aliphatic heterocycles. The average Bonchev–Trinajstić information content (AvgIpc) is 2.62. The van der Waals surface area contributed by atoms with Crippen LogP contribution in [0.5, 0.6) is 11.5 Å². The van der Waals surface area contributed by atoms with Crippen LogP contribution in [0.4, 0.5) is 0 Å². The molecule has 0 saturated heterocycles. The molecular weight excluding hydrogens is 372 g/mol. The molecule has 0 fully saturated rings. The predicted octanol–water partition coefficient (Wildman–Crippen LogP) is 5.29. The third kappa shape index (κ3) is 6.46. The summed E-state index contributed by atoms with van der Waals surface area (Å²) < 4.78 is 16.6. The van der Waals surface area contributed by atoms with Crippen LogP contribution in [-0.4, -0.2) is 17.0 Å². The Kier molecular flexibility index (Phi) is 7.23. The van der Waals surface area contributed by atoms with Crippen LogP contribution < -0.4 is 9.47 Å². The normalized spacial score (nSPS) is 14.2. The van der Waals surface area contributed by atoms with Gasteiger partial charge in [-0.25, -0.2) is 4.79 Å². The second-order valence-corrected chi connectivity index (χ2v) is 7.48. The van der Waals surface area contributed by atoms with E-state index < -0.39 is 17.0 Å². The molecule has 2 atom stereocenters. The van der Waals surface area contributed by atoms with Crippen molar-refractivity contribution in [3.8, 4) is 11.5 Å². The van der Waals surface area contributed by atoms with Crippen molar-refractivity contribution >= 4 is 30.2 Å². The molecule has 0 spiro atoms. The summed E-state index contributed by atoms with van der Waals surface area (Å²) in [7, 11) is 0. The molecule has 0 aliphatic rings.